The second kappa shape index (κ2) is 7.36. The molecule has 0 saturated carbocycles. The van der Waals surface area contributed by atoms with E-state index in [1.165, 1.54) is 0 Å². The fraction of sp³-hybridized carbons (Fsp3) is 0.250. The Morgan fingerprint density at radius 1 is 1.22 bits per heavy atom. The second-order valence-electron chi connectivity index (χ2n) is 6.57. The number of nitrogens with zero attached hydrogens (tertiary/aromatic N) is 3. The number of nitrogens with one attached hydrogen (secondary N) is 1. The van der Waals surface area contributed by atoms with Gasteiger partial charge in [-0.15, -0.1) is 4.99 Å². The number of para-hydroxylation sites is 1. The predicted octanol–water partition coefficient (Wildman–Crippen LogP) is 2.64. The van der Waals surface area contributed by atoms with Crippen molar-refractivity contribution in [2.24, 2.45) is 4.99 Å². The van der Waals surface area contributed by atoms with Crippen LogP contribution in [0.4, 0.5) is 0 Å². The number of aliphatic imine (C=N–C) groups is 1. The van der Waals surface area contributed by atoms with Gasteiger partial charge in [-0.1, -0.05) is 18.2 Å². The SMILES string of the molecule is CC1(C)Oc2ccc(C#N)cc2[C@@H](NC(=NC#N)Oc2ccccc2)[C@@H]1O. The second-order valence-corrected chi connectivity index (χ2v) is 6.57. The zero-order valence-electron chi connectivity index (χ0n) is 14.9. The zero-order chi connectivity index (χ0) is 19.4. The Labute approximate surface area is 157 Å². The van der Waals surface area contributed by atoms with Crippen LogP contribution in [0.2, 0.25) is 0 Å². The summed E-state index contributed by atoms with van der Waals surface area (Å²) in [6.45, 7) is 3.51. The lowest BCUT2D eigenvalue weighted by atomic mass is 9.86. The molecular weight excluding hydrogens is 344 g/mol. The van der Waals surface area contributed by atoms with Gasteiger partial charge >= 0.3 is 6.02 Å². The van der Waals surface area contributed by atoms with Crippen LogP contribution in [0, 0.1) is 22.8 Å². The highest BCUT2D eigenvalue weighted by Gasteiger charge is 2.43. The van der Waals surface area contributed by atoms with Crippen LogP contribution in [-0.2, 0) is 0 Å². The van der Waals surface area contributed by atoms with Crippen LogP contribution in [-0.4, -0.2) is 22.8 Å². The molecule has 7 nitrogen and oxygen atoms in total. The highest BCUT2D eigenvalue weighted by atomic mass is 16.5. The van der Waals surface area contributed by atoms with Gasteiger partial charge in [0.15, 0.2) is 0 Å². The van der Waals surface area contributed by atoms with Gasteiger partial charge in [-0.2, -0.15) is 10.5 Å². The largest absolute Gasteiger partial charge is 0.485 e. The lowest BCUT2D eigenvalue weighted by Crippen LogP contribution is -2.54. The van der Waals surface area contributed by atoms with Crippen molar-refractivity contribution < 1.29 is 14.6 Å². The maximum atomic E-state index is 10.8. The standard InChI is InChI=1S/C20H18N4O3/c1-20(2)18(25)17(15-10-13(11-21)8-9-16(15)27-20)24-19(23-12-22)26-14-6-4-3-5-7-14/h3-10,17-18,25H,1-2H3,(H,23,24)/t17-,18+/m1/s1. The van der Waals surface area contributed by atoms with Crippen LogP contribution in [0.1, 0.15) is 31.0 Å². The summed E-state index contributed by atoms with van der Waals surface area (Å²) in [7, 11) is 0. The van der Waals surface area contributed by atoms with Crippen LogP contribution >= 0.6 is 0 Å². The van der Waals surface area contributed by atoms with Crippen LogP contribution in [0.15, 0.2) is 53.5 Å². The summed E-state index contributed by atoms with van der Waals surface area (Å²) in [5.74, 6) is 1.03. The van der Waals surface area contributed by atoms with Crippen molar-refractivity contribution in [1.29, 1.82) is 10.5 Å². The van der Waals surface area contributed by atoms with E-state index in [2.05, 4.69) is 16.4 Å². The van der Waals surface area contributed by atoms with Gasteiger partial charge in [0.1, 0.15) is 23.2 Å². The normalized spacial score (nSPS) is 20.4. The number of benzene rings is 2. The monoisotopic (exact) mass is 362 g/mol. The van der Waals surface area contributed by atoms with E-state index in [4.69, 9.17) is 14.7 Å². The molecule has 1 aliphatic rings. The van der Waals surface area contributed by atoms with E-state index >= 15 is 0 Å². The number of rotatable bonds is 2. The minimum absolute atomic E-state index is 0.0567. The average molecular weight is 362 g/mol. The first-order valence-electron chi connectivity index (χ1n) is 8.32. The molecule has 0 fully saturated rings. The third-order valence-electron chi connectivity index (χ3n) is 4.26. The van der Waals surface area contributed by atoms with Gasteiger partial charge in [-0.3, -0.25) is 0 Å². The number of ether oxygens (including phenoxy) is 2. The van der Waals surface area contributed by atoms with Crippen molar-refractivity contribution in [3.05, 3.63) is 59.7 Å². The topological polar surface area (TPSA) is 111 Å². The van der Waals surface area contributed by atoms with Crippen LogP contribution in [0.5, 0.6) is 11.5 Å². The van der Waals surface area contributed by atoms with Crippen molar-refractivity contribution in [2.75, 3.05) is 0 Å². The molecule has 1 heterocycles. The molecule has 0 spiro atoms. The summed E-state index contributed by atoms with van der Waals surface area (Å²) >= 11 is 0. The molecule has 2 atom stereocenters. The molecule has 7 heteroatoms. The van der Waals surface area contributed by atoms with Gasteiger partial charge < -0.3 is 19.9 Å². The number of fused-ring (bicyclic) bond motifs is 1. The van der Waals surface area contributed by atoms with E-state index in [-0.39, 0.29) is 6.02 Å². The Bertz CT molecular complexity index is 942. The highest BCUT2D eigenvalue weighted by Crippen LogP contribution is 2.40. The lowest BCUT2D eigenvalue weighted by Gasteiger charge is -2.42. The first-order chi connectivity index (χ1) is 12.9. The molecular formula is C20H18N4O3. The third kappa shape index (κ3) is 3.84. The minimum Gasteiger partial charge on any atom is -0.485 e. The summed E-state index contributed by atoms with van der Waals surface area (Å²) < 4.78 is 11.5. The van der Waals surface area contributed by atoms with Crippen molar-refractivity contribution >= 4 is 6.02 Å². The summed E-state index contributed by atoms with van der Waals surface area (Å²) in [5.41, 5.74) is 0.116. The Morgan fingerprint density at radius 2 is 1.96 bits per heavy atom. The molecule has 136 valence electrons. The van der Waals surface area contributed by atoms with Crippen molar-refractivity contribution in [1.82, 2.24) is 5.32 Å². The molecule has 2 N–H and O–H groups in total. The predicted molar refractivity (Wildman–Crippen MR) is 97.9 cm³/mol. The molecule has 0 aliphatic carbocycles. The van der Waals surface area contributed by atoms with Crippen LogP contribution in [0.3, 0.4) is 0 Å². The van der Waals surface area contributed by atoms with E-state index < -0.39 is 17.7 Å². The van der Waals surface area contributed by atoms with Gasteiger partial charge in [-0.25, -0.2) is 0 Å². The van der Waals surface area contributed by atoms with Crippen LogP contribution in [0.25, 0.3) is 0 Å². The Balaban J connectivity index is 1.97. The van der Waals surface area contributed by atoms with E-state index in [0.717, 1.165) is 0 Å². The van der Waals surface area contributed by atoms with Crippen molar-refractivity contribution in [3.8, 4) is 23.8 Å². The molecule has 2 aromatic carbocycles. The number of hydrogen-bond acceptors (Lipinski definition) is 6. The number of amidine groups is 1. The molecule has 3 rings (SSSR count). The Kier molecular flexibility index (Phi) is 4.98. The Hall–Kier alpha value is -3.55. The molecule has 0 unspecified atom stereocenters. The van der Waals surface area contributed by atoms with Gasteiger partial charge in [0.2, 0.25) is 6.19 Å². The van der Waals surface area contributed by atoms with Gasteiger partial charge in [0.25, 0.3) is 0 Å². The van der Waals surface area contributed by atoms with E-state index in [1.54, 1.807) is 62.5 Å². The van der Waals surface area contributed by atoms with E-state index in [0.29, 0.717) is 22.6 Å². The van der Waals surface area contributed by atoms with E-state index in [1.807, 2.05) is 6.07 Å². The molecule has 0 bridgehead atoms. The summed E-state index contributed by atoms with van der Waals surface area (Å²) in [4.78, 5) is 3.68. The molecule has 0 saturated heterocycles. The summed E-state index contributed by atoms with van der Waals surface area (Å²) in [6.07, 6.45) is 0.711. The first kappa shape index (κ1) is 18.2. The fourth-order valence-electron chi connectivity index (χ4n) is 2.89. The average Bonchev–Trinajstić information content (AvgIpc) is 2.66. The molecule has 0 radical (unpaired) electrons. The fourth-order valence-corrected chi connectivity index (χ4v) is 2.89. The lowest BCUT2D eigenvalue weighted by molar-refractivity contribution is -0.0616. The first-order valence-corrected chi connectivity index (χ1v) is 8.32. The highest BCUT2D eigenvalue weighted by molar-refractivity contribution is 5.78. The van der Waals surface area contributed by atoms with Crippen molar-refractivity contribution in [2.45, 2.75) is 31.6 Å². The summed E-state index contributed by atoms with van der Waals surface area (Å²) in [6, 6.07) is 15.2. The maximum absolute atomic E-state index is 10.8. The Morgan fingerprint density at radius 3 is 2.63 bits per heavy atom. The number of nitriles is 2. The molecule has 0 aromatic heterocycles. The minimum atomic E-state index is -0.984. The smallest absolute Gasteiger partial charge is 0.306 e. The number of aliphatic hydroxyl groups is 1. The third-order valence-corrected chi connectivity index (χ3v) is 4.26. The molecule has 2 aromatic rings. The molecule has 27 heavy (non-hydrogen) atoms. The summed E-state index contributed by atoms with van der Waals surface area (Å²) in [5, 5.41) is 32.0. The van der Waals surface area contributed by atoms with Gasteiger partial charge in [0, 0.05) is 5.56 Å². The quantitative estimate of drug-likeness (QED) is 0.483. The zero-order valence-corrected chi connectivity index (χ0v) is 14.9. The van der Waals surface area contributed by atoms with E-state index in [9.17, 15) is 10.4 Å². The van der Waals surface area contributed by atoms with Gasteiger partial charge in [-0.05, 0) is 44.2 Å². The van der Waals surface area contributed by atoms with Crippen molar-refractivity contribution in [3.63, 3.8) is 0 Å². The van der Waals surface area contributed by atoms with Gasteiger partial charge in [0.05, 0.1) is 17.7 Å². The molecule has 1 aliphatic heterocycles. The number of hydrogen-bond donors (Lipinski definition) is 2. The van der Waals surface area contributed by atoms with Crippen LogP contribution < -0.4 is 14.8 Å². The number of aliphatic hydroxyl groups excluding tert-OH is 1. The maximum Gasteiger partial charge on any atom is 0.306 e. The molecule has 0 amide bonds.